The van der Waals surface area contributed by atoms with E-state index in [1.165, 1.54) is 51.4 Å². The minimum atomic E-state index is 1.16. The van der Waals surface area contributed by atoms with Gasteiger partial charge in [0.25, 0.3) is 0 Å². The first-order chi connectivity index (χ1) is 6.41. The van der Waals surface area contributed by atoms with Gasteiger partial charge in [-0.05, 0) is 12.8 Å². The highest BCUT2D eigenvalue weighted by atomic mass is 14.0. The van der Waals surface area contributed by atoms with Gasteiger partial charge in [0.05, 0.1) is 0 Å². The van der Waals surface area contributed by atoms with Gasteiger partial charge in [-0.15, -0.1) is 5.98 Å². The van der Waals surface area contributed by atoms with Crippen LogP contribution < -0.4 is 0 Å². The summed E-state index contributed by atoms with van der Waals surface area (Å²) in [6.45, 7) is 2.26. The van der Waals surface area contributed by atoms with Crippen LogP contribution in [0.1, 0.15) is 64.7 Å². The molecule has 0 saturated carbocycles. The van der Waals surface area contributed by atoms with E-state index in [9.17, 15) is 0 Å². The van der Waals surface area contributed by atoms with Gasteiger partial charge in [0.15, 0.2) is 0 Å². The molecule has 0 N–H and O–H groups in total. The van der Waals surface area contributed by atoms with Crippen molar-refractivity contribution in [2.75, 3.05) is 0 Å². The molecule has 0 spiro atoms. The van der Waals surface area contributed by atoms with Crippen LogP contribution in [0.15, 0.2) is 12.1 Å². The van der Waals surface area contributed by atoms with E-state index >= 15 is 0 Å². The lowest BCUT2D eigenvalue weighted by atomic mass is 10.1. The number of rotatable bonds is 9. The average molecular weight is 178 g/mol. The number of unbranched alkanes of at least 4 members (excludes halogenated alkanes) is 8. The largest absolute Gasteiger partial charge is 0.135 e. The monoisotopic (exact) mass is 178 g/mol. The van der Waals surface area contributed by atoms with Gasteiger partial charge >= 0.3 is 0 Å². The van der Waals surface area contributed by atoms with Gasteiger partial charge in [-0.2, -0.15) is 0 Å². The van der Waals surface area contributed by atoms with Crippen molar-refractivity contribution in [1.29, 1.82) is 0 Å². The summed E-state index contributed by atoms with van der Waals surface area (Å²) in [4.78, 5) is 0. The second-order valence-electron chi connectivity index (χ2n) is 3.69. The Kier molecular flexibility index (Phi) is 11.6. The summed E-state index contributed by atoms with van der Waals surface area (Å²) in [6.07, 6.45) is 14.3. The lowest BCUT2D eigenvalue weighted by Gasteiger charge is -1.99. The average Bonchev–Trinajstić information content (AvgIpc) is 2.16. The smallest absolute Gasteiger partial charge is 0.102 e. The lowest BCUT2D eigenvalue weighted by Crippen LogP contribution is -1.79. The van der Waals surface area contributed by atoms with Crippen LogP contribution in [0.5, 0.6) is 0 Å². The quantitative estimate of drug-likeness (QED) is 0.366. The summed E-state index contributed by atoms with van der Waals surface area (Å²) < 4.78 is 0. The molecule has 0 heterocycles. The highest BCUT2D eigenvalue weighted by Gasteiger charge is 1.89. The first-order valence-electron chi connectivity index (χ1n) is 5.78. The molecule has 0 aliphatic carbocycles. The van der Waals surface area contributed by atoms with E-state index in [-0.39, 0.29) is 0 Å². The van der Waals surface area contributed by atoms with Crippen LogP contribution in [0.4, 0.5) is 0 Å². The molecule has 0 amide bonds. The van der Waals surface area contributed by atoms with Gasteiger partial charge < -0.3 is 0 Å². The maximum Gasteiger partial charge on any atom is 0.102 e. The number of hydrogen-bond donors (Lipinski definition) is 0. The molecule has 0 fully saturated rings. The van der Waals surface area contributed by atoms with Crippen LogP contribution in [-0.2, 0) is 0 Å². The highest BCUT2D eigenvalue weighted by Crippen LogP contribution is 2.09. The molecule has 0 nitrogen and oxygen atoms in total. The Balaban J connectivity index is 2.83. The first kappa shape index (κ1) is 12.8. The normalized spacial score (nSPS) is 11.2. The van der Waals surface area contributed by atoms with Crippen LogP contribution in [-0.4, -0.2) is 7.85 Å². The van der Waals surface area contributed by atoms with E-state index in [0.29, 0.717) is 0 Å². The van der Waals surface area contributed by atoms with Crippen molar-refractivity contribution in [3.63, 3.8) is 0 Å². The highest BCUT2D eigenvalue weighted by molar-refractivity contribution is 6.16. The summed E-state index contributed by atoms with van der Waals surface area (Å²) in [5, 5.41) is 0. The number of hydrogen-bond acceptors (Lipinski definition) is 0. The summed E-state index contributed by atoms with van der Waals surface area (Å²) in [5.74, 6) is 1.65. The molecule has 0 aromatic carbocycles. The Bertz CT molecular complexity index is 108. The molecule has 0 atom stereocenters. The second-order valence-corrected chi connectivity index (χ2v) is 3.69. The zero-order valence-electron chi connectivity index (χ0n) is 9.10. The van der Waals surface area contributed by atoms with Gasteiger partial charge in [-0.1, -0.05) is 57.9 Å². The van der Waals surface area contributed by atoms with E-state index in [2.05, 4.69) is 13.0 Å². The Hall–Kier alpha value is -0.195. The molecule has 0 aliphatic rings. The SMILES string of the molecule is [B]C=CCCCCCCCCCC. The molecule has 13 heavy (non-hydrogen) atoms. The molecule has 0 unspecified atom stereocenters. The standard InChI is InChI=1S/C12H23B/c1-2-3-4-5-6-7-8-9-10-11-12-13/h11-12H,2-10H2,1H3. The molecular weight excluding hydrogens is 155 g/mol. The first-order valence-corrected chi connectivity index (χ1v) is 5.78. The Morgan fingerprint density at radius 1 is 0.846 bits per heavy atom. The van der Waals surface area contributed by atoms with Crippen molar-refractivity contribution in [2.45, 2.75) is 64.7 Å². The molecule has 0 bridgehead atoms. The molecule has 0 aromatic heterocycles. The Morgan fingerprint density at radius 2 is 1.38 bits per heavy atom. The van der Waals surface area contributed by atoms with Crippen molar-refractivity contribution >= 4 is 7.85 Å². The minimum Gasteiger partial charge on any atom is -0.135 e. The molecule has 0 aromatic rings. The maximum atomic E-state index is 5.24. The Morgan fingerprint density at radius 3 is 1.92 bits per heavy atom. The van der Waals surface area contributed by atoms with Crippen molar-refractivity contribution in [3.05, 3.63) is 12.1 Å². The van der Waals surface area contributed by atoms with E-state index in [4.69, 9.17) is 7.85 Å². The predicted molar refractivity (Wildman–Crippen MR) is 62.1 cm³/mol. The van der Waals surface area contributed by atoms with Crippen molar-refractivity contribution < 1.29 is 0 Å². The van der Waals surface area contributed by atoms with Gasteiger partial charge in [-0.3, -0.25) is 0 Å². The van der Waals surface area contributed by atoms with Crippen molar-refractivity contribution in [3.8, 4) is 0 Å². The topological polar surface area (TPSA) is 0 Å². The minimum absolute atomic E-state index is 1.16. The summed E-state index contributed by atoms with van der Waals surface area (Å²) in [6, 6.07) is 0. The molecule has 1 heteroatoms. The summed E-state index contributed by atoms with van der Waals surface area (Å²) >= 11 is 0. The van der Waals surface area contributed by atoms with Crippen molar-refractivity contribution in [2.24, 2.45) is 0 Å². The fourth-order valence-corrected chi connectivity index (χ4v) is 1.49. The molecule has 0 rings (SSSR count). The molecule has 0 saturated heterocycles. The van der Waals surface area contributed by atoms with E-state index < -0.39 is 0 Å². The predicted octanol–water partition coefficient (Wildman–Crippen LogP) is 4.20. The second kappa shape index (κ2) is 11.8. The zero-order valence-corrected chi connectivity index (χ0v) is 9.10. The van der Waals surface area contributed by atoms with Gasteiger partial charge in [0, 0.05) is 0 Å². The third kappa shape index (κ3) is 11.8. The van der Waals surface area contributed by atoms with Crippen LogP contribution in [0.2, 0.25) is 0 Å². The van der Waals surface area contributed by atoms with Crippen molar-refractivity contribution in [1.82, 2.24) is 0 Å². The van der Waals surface area contributed by atoms with E-state index in [1.54, 1.807) is 5.98 Å². The number of allylic oxidation sites excluding steroid dienone is 1. The molecule has 2 radical (unpaired) electrons. The fourth-order valence-electron chi connectivity index (χ4n) is 1.49. The van der Waals surface area contributed by atoms with Crippen LogP contribution in [0, 0.1) is 0 Å². The third-order valence-electron chi connectivity index (χ3n) is 2.36. The van der Waals surface area contributed by atoms with E-state index in [1.807, 2.05) is 0 Å². The van der Waals surface area contributed by atoms with Crippen LogP contribution in [0.3, 0.4) is 0 Å². The third-order valence-corrected chi connectivity index (χ3v) is 2.36. The lowest BCUT2D eigenvalue weighted by molar-refractivity contribution is 0.577. The van der Waals surface area contributed by atoms with E-state index in [0.717, 1.165) is 6.42 Å². The zero-order chi connectivity index (χ0) is 9.78. The molecular formula is C12H23B. The summed E-state index contributed by atoms with van der Waals surface area (Å²) in [7, 11) is 5.24. The fraction of sp³-hybridized carbons (Fsp3) is 0.833. The Labute approximate surface area is 85.2 Å². The van der Waals surface area contributed by atoms with Gasteiger partial charge in [0.1, 0.15) is 7.85 Å². The maximum absolute atomic E-state index is 5.24. The van der Waals surface area contributed by atoms with Crippen LogP contribution in [0.25, 0.3) is 0 Å². The molecule has 0 aliphatic heterocycles. The molecule has 74 valence electrons. The summed E-state index contributed by atoms with van der Waals surface area (Å²) in [5.41, 5.74) is 0. The van der Waals surface area contributed by atoms with Gasteiger partial charge in [0.2, 0.25) is 0 Å². The van der Waals surface area contributed by atoms with Gasteiger partial charge in [-0.25, -0.2) is 0 Å². The van der Waals surface area contributed by atoms with Crippen LogP contribution >= 0.6 is 0 Å².